The molecule has 2 saturated heterocycles. The van der Waals surface area contributed by atoms with Gasteiger partial charge in [0.15, 0.2) is 0 Å². The van der Waals surface area contributed by atoms with Crippen LogP contribution in [0.25, 0.3) is 0 Å². The van der Waals surface area contributed by atoms with E-state index in [1.807, 2.05) is 6.92 Å². The maximum Gasteiger partial charge on any atom is 0.320 e. The van der Waals surface area contributed by atoms with E-state index in [0.29, 0.717) is 25.5 Å². The van der Waals surface area contributed by atoms with Crippen LogP contribution in [0.3, 0.4) is 0 Å². The number of nitrogens with zero attached hydrogens (tertiary/aromatic N) is 2. The molecule has 0 radical (unpaired) electrons. The summed E-state index contributed by atoms with van der Waals surface area (Å²) in [7, 11) is 0. The van der Waals surface area contributed by atoms with Crippen molar-refractivity contribution in [3.63, 3.8) is 0 Å². The Morgan fingerprint density at radius 2 is 2.20 bits per heavy atom. The molecule has 2 aliphatic heterocycles. The fraction of sp³-hybridized carbons (Fsp3) is 0.611. The van der Waals surface area contributed by atoms with Crippen LogP contribution in [-0.2, 0) is 14.3 Å². The molecule has 25 heavy (non-hydrogen) atoms. The lowest BCUT2D eigenvalue weighted by Gasteiger charge is -2.38. The van der Waals surface area contributed by atoms with Gasteiger partial charge in [-0.05, 0) is 38.3 Å². The van der Waals surface area contributed by atoms with E-state index in [0.717, 1.165) is 32.4 Å². The number of carbonyl (C=O) groups is 2. The van der Waals surface area contributed by atoms with Crippen LogP contribution in [0, 0.1) is 0 Å². The molecule has 1 atom stereocenters. The summed E-state index contributed by atoms with van der Waals surface area (Å²) in [6.07, 6.45) is 4.14. The van der Waals surface area contributed by atoms with Crippen molar-refractivity contribution in [3.8, 4) is 0 Å². The largest absolute Gasteiger partial charge is 0.465 e. The molecule has 7 nitrogen and oxygen atoms in total. The van der Waals surface area contributed by atoms with Crippen LogP contribution in [0.4, 0.5) is 0 Å². The Morgan fingerprint density at radius 3 is 2.88 bits per heavy atom. The lowest BCUT2D eigenvalue weighted by Crippen LogP contribution is -2.46. The SMILES string of the molecule is CCOC(=O)CN1CCC2(CC1)C[C@H](NC(=O)c1ccccn1)CO2. The summed E-state index contributed by atoms with van der Waals surface area (Å²) in [5.74, 6) is -0.336. The summed E-state index contributed by atoms with van der Waals surface area (Å²) in [5, 5.41) is 3.01. The predicted molar refractivity (Wildman–Crippen MR) is 91.1 cm³/mol. The third-order valence-corrected chi connectivity index (χ3v) is 4.87. The van der Waals surface area contributed by atoms with Gasteiger partial charge in [0.1, 0.15) is 5.69 Å². The number of hydrogen-bond acceptors (Lipinski definition) is 6. The molecule has 0 aromatic carbocycles. The van der Waals surface area contributed by atoms with Gasteiger partial charge in [-0.3, -0.25) is 19.5 Å². The number of carbonyl (C=O) groups excluding carboxylic acids is 2. The molecule has 1 aromatic heterocycles. The third-order valence-electron chi connectivity index (χ3n) is 4.87. The third kappa shape index (κ3) is 4.55. The quantitative estimate of drug-likeness (QED) is 0.801. The van der Waals surface area contributed by atoms with Gasteiger partial charge in [-0.25, -0.2) is 0 Å². The molecule has 136 valence electrons. The molecule has 1 aromatic rings. The van der Waals surface area contributed by atoms with Crippen molar-refractivity contribution in [1.82, 2.24) is 15.2 Å². The highest BCUT2D eigenvalue weighted by molar-refractivity contribution is 5.92. The second-order valence-corrected chi connectivity index (χ2v) is 6.66. The Kier molecular flexibility index (Phi) is 5.65. The number of amides is 1. The molecule has 3 heterocycles. The molecule has 0 saturated carbocycles. The van der Waals surface area contributed by atoms with Gasteiger partial charge in [-0.1, -0.05) is 6.07 Å². The molecule has 0 unspecified atom stereocenters. The number of rotatable bonds is 5. The Labute approximate surface area is 147 Å². The van der Waals surface area contributed by atoms with Gasteiger partial charge < -0.3 is 14.8 Å². The van der Waals surface area contributed by atoms with Crippen LogP contribution in [0.15, 0.2) is 24.4 Å². The summed E-state index contributed by atoms with van der Waals surface area (Å²) in [6.45, 7) is 4.70. The van der Waals surface area contributed by atoms with Crippen LogP contribution in [0.5, 0.6) is 0 Å². The molecule has 3 rings (SSSR count). The molecule has 1 N–H and O–H groups in total. The van der Waals surface area contributed by atoms with Crippen LogP contribution in [-0.4, -0.2) is 66.3 Å². The summed E-state index contributed by atoms with van der Waals surface area (Å²) in [6, 6.07) is 5.29. The Morgan fingerprint density at radius 1 is 1.40 bits per heavy atom. The van der Waals surface area contributed by atoms with Gasteiger partial charge in [-0.15, -0.1) is 0 Å². The fourth-order valence-corrected chi connectivity index (χ4v) is 3.55. The highest BCUT2D eigenvalue weighted by Crippen LogP contribution is 2.35. The Hall–Kier alpha value is -1.99. The molecular formula is C18H25N3O4. The van der Waals surface area contributed by atoms with Crippen LogP contribution in [0.2, 0.25) is 0 Å². The molecule has 7 heteroatoms. The minimum absolute atomic E-state index is 0.00566. The van der Waals surface area contributed by atoms with Crippen molar-refractivity contribution in [2.24, 2.45) is 0 Å². The first-order valence-electron chi connectivity index (χ1n) is 8.84. The molecule has 2 fully saturated rings. The van der Waals surface area contributed by atoms with Crippen molar-refractivity contribution < 1.29 is 19.1 Å². The Balaban J connectivity index is 1.47. The normalized spacial score (nSPS) is 22.7. The van der Waals surface area contributed by atoms with E-state index in [-0.39, 0.29) is 23.5 Å². The molecule has 0 aliphatic carbocycles. The van der Waals surface area contributed by atoms with Gasteiger partial charge in [0, 0.05) is 19.3 Å². The predicted octanol–water partition coefficient (Wildman–Crippen LogP) is 0.998. The average Bonchev–Trinajstić information content (AvgIpc) is 3.00. The second-order valence-electron chi connectivity index (χ2n) is 6.66. The van der Waals surface area contributed by atoms with E-state index in [2.05, 4.69) is 15.2 Å². The first-order valence-corrected chi connectivity index (χ1v) is 8.84. The number of likely N-dealkylation sites (tertiary alicyclic amines) is 1. The average molecular weight is 347 g/mol. The van der Waals surface area contributed by atoms with Crippen molar-refractivity contribution >= 4 is 11.9 Å². The fourth-order valence-electron chi connectivity index (χ4n) is 3.55. The van der Waals surface area contributed by atoms with Gasteiger partial charge in [0.25, 0.3) is 5.91 Å². The maximum atomic E-state index is 12.2. The molecule has 0 bridgehead atoms. The summed E-state index contributed by atoms with van der Waals surface area (Å²) < 4.78 is 11.1. The van der Waals surface area contributed by atoms with Crippen LogP contribution in [0.1, 0.15) is 36.7 Å². The number of piperidine rings is 1. The van der Waals surface area contributed by atoms with Gasteiger partial charge in [0.2, 0.25) is 0 Å². The van der Waals surface area contributed by atoms with Gasteiger partial charge in [-0.2, -0.15) is 0 Å². The van der Waals surface area contributed by atoms with Gasteiger partial charge in [0.05, 0.1) is 31.4 Å². The topological polar surface area (TPSA) is 80.8 Å². The minimum atomic E-state index is -0.187. The number of hydrogen-bond donors (Lipinski definition) is 1. The van der Waals surface area contributed by atoms with Crippen molar-refractivity contribution in [1.29, 1.82) is 0 Å². The lowest BCUT2D eigenvalue weighted by molar-refractivity contribution is -0.145. The minimum Gasteiger partial charge on any atom is -0.465 e. The van der Waals surface area contributed by atoms with E-state index < -0.39 is 0 Å². The molecular weight excluding hydrogens is 322 g/mol. The first kappa shape index (κ1) is 17.8. The van der Waals surface area contributed by atoms with Crippen LogP contribution >= 0.6 is 0 Å². The van der Waals surface area contributed by atoms with Crippen molar-refractivity contribution in [2.45, 2.75) is 37.8 Å². The Bertz CT molecular complexity index is 600. The lowest BCUT2D eigenvalue weighted by atomic mass is 9.87. The summed E-state index contributed by atoms with van der Waals surface area (Å²) >= 11 is 0. The van der Waals surface area contributed by atoms with Crippen LogP contribution < -0.4 is 5.32 Å². The number of nitrogens with one attached hydrogen (secondary N) is 1. The zero-order chi connectivity index (χ0) is 17.7. The van der Waals surface area contributed by atoms with E-state index >= 15 is 0 Å². The molecule has 1 amide bonds. The van der Waals surface area contributed by atoms with E-state index in [4.69, 9.17) is 9.47 Å². The zero-order valence-corrected chi connectivity index (χ0v) is 14.6. The molecule has 1 spiro atoms. The number of aromatic nitrogens is 1. The van der Waals surface area contributed by atoms with Crippen molar-refractivity contribution in [2.75, 3.05) is 32.8 Å². The first-order chi connectivity index (χ1) is 12.1. The second kappa shape index (κ2) is 7.93. The smallest absolute Gasteiger partial charge is 0.320 e. The summed E-state index contributed by atoms with van der Waals surface area (Å²) in [5.41, 5.74) is 0.237. The standard InChI is InChI=1S/C18H25N3O4/c1-2-24-16(22)12-21-9-6-18(7-10-21)11-14(13-25-18)20-17(23)15-5-3-4-8-19-15/h3-5,8,14H,2,6-7,9-13H2,1H3,(H,20,23)/t14-/m0/s1. The molecule has 2 aliphatic rings. The number of pyridine rings is 1. The zero-order valence-electron chi connectivity index (χ0n) is 14.6. The van der Waals surface area contributed by atoms with E-state index in [9.17, 15) is 9.59 Å². The number of esters is 1. The maximum absolute atomic E-state index is 12.2. The highest BCUT2D eigenvalue weighted by atomic mass is 16.5. The number of ether oxygens (including phenoxy) is 2. The van der Waals surface area contributed by atoms with Crippen molar-refractivity contribution in [3.05, 3.63) is 30.1 Å². The van der Waals surface area contributed by atoms with Gasteiger partial charge >= 0.3 is 5.97 Å². The highest BCUT2D eigenvalue weighted by Gasteiger charge is 2.43. The van der Waals surface area contributed by atoms with E-state index in [1.165, 1.54) is 0 Å². The van der Waals surface area contributed by atoms with E-state index in [1.54, 1.807) is 24.4 Å². The summed E-state index contributed by atoms with van der Waals surface area (Å²) in [4.78, 5) is 30.0. The monoisotopic (exact) mass is 347 g/mol.